The molecule has 5 heteroatoms. The summed E-state index contributed by atoms with van der Waals surface area (Å²) in [5.41, 5.74) is 7.90. The lowest BCUT2D eigenvalue weighted by atomic mass is 10.1. The van der Waals surface area contributed by atoms with Crippen LogP contribution in [0, 0.1) is 0 Å². The van der Waals surface area contributed by atoms with Gasteiger partial charge in [0, 0.05) is 44.0 Å². The fraction of sp³-hybridized carbons (Fsp3) is 0.0238. The second kappa shape index (κ2) is 10.9. The van der Waals surface area contributed by atoms with Gasteiger partial charge in [-0.15, -0.1) is 0 Å². The van der Waals surface area contributed by atoms with E-state index in [9.17, 15) is 0 Å². The van der Waals surface area contributed by atoms with Crippen molar-refractivity contribution in [2.45, 2.75) is 0 Å². The van der Waals surface area contributed by atoms with Crippen molar-refractivity contribution < 1.29 is 9.15 Å². The fourth-order valence-corrected chi connectivity index (χ4v) is 6.81. The number of hydrogen-bond donors (Lipinski definition) is 0. The lowest BCUT2D eigenvalue weighted by Gasteiger charge is -2.26. The first-order valence-corrected chi connectivity index (χ1v) is 15.7. The van der Waals surface area contributed by atoms with Crippen LogP contribution in [0.3, 0.4) is 0 Å². The number of nitrogens with zero attached hydrogens (tertiary/aromatic N) is 3. The minimum atomic E-state index is 0.261. The topological polar surface area (TPSA) is 42.9 Å². The molecule has 0 radical (unpaired) electrons. The van der Waals surface area contributed by atoms with Crippen LogP contribution in [0.5, 0.6) is 5.75 Å². The molecule has 0 bridgehead atoms. The fourth-order valence-electron chi connectivity index (χ4n) is 6.81. The number of ether oxygens (including phenoxy) is 1. The van der Waals surface area contributed by atoms with Gasteiger partial charge in [-0.05, 0) is 78.8 Å². The molecule has 9 rings (SSSR count). The molecular weight excluding hydrogens is 578 g/mol. The minimum absolute atomic E-state index is 0.261. The first-order chi connectivity index (χ1) is 23.3. The van der Waals surface area contributed by atoms with Gasteiger partial charge >= 0.3 is 0 Å². The Hall–Kier alpha value is -6.33. The number of furan rings is 1. The Kier molecular flexibility index (Phi) is 6.28. The first kappa shape index (κ1) is 27.0. The second-order valence-electron chi connectivity index (χ2n) is 11.7. The van der Waals surface area contributed by atoms with Crippen LogP contribution < -0.4 is 9.64 Å². The highest BCUT2D eigenvalue weighted by Gasteiger charge is 2.17. The van der Waals surface area contributed by atoms with Crippen LogP contribution in [0.15, 0.2) is 161 Å². The van der Waals surface area contributed by atoms with E-state index in [0.717, 1.165) is 55.5 Å². The number of rotatable bonds is 7. The largest absolute Gasteiger partial charge is 0.470 e. The summed E-state index contributed by atoms with van der Waals surface area (Å²) < 4.78 is 15.0. The minimum Gasteiger partial charge on any atom is -0.470 e. The molecule has 0 aliphatic heterocycles. The maximum Gasteiger partial charge on any atom is 0.165 e. The van der Waals surface area contributed by atoms with Gasteiger partial charge in [0.05, 0.1) is 11.0 Å². The van der Waals surface area contributed by atoms with Crippen LogP contribution in [-0.4, -0.2) is 18.0 Å². The van der Waals surface area contributed by atoms with Gasteiger partial charge < -0.3 is 18.6 Å². The Labute approximate surface area is 271 Å². The maximum atomic E-state index is 6.57. The molecule has 0 saturated carbocycles. The zero-order chi connectivity index (χ0) is 31.3. The summed E-state index contributed by atoms with van der Waals surface area (Å²) in [5.74, 6) is 0.681. The quantitative estimate of drug-likeness (QED) is 0.134. The average molecular weight is 608 g/mol. The smallest absolute Gasteiger partial charge is 0.165 e. The molecule has 9 aromatic rings. The van der Waals surface area contributed by atoms with Crippen molar-refractivity contribution in [2.24, 2.45) is 4.99 Å². The van der Waals surface area contributed by atoms with E-state index >= 15 is 0 Å². The predicted octanol–water partition coefficient (Wildman–Crippen LogP) is 11.3. The predicted molar refractivity (Wildman–Crippen MR) is 195 cm³/mol. The van der Waals surface area contributed by atoms with Crippen LogP contribution in [0.2, 0.25) is 0 Å². The molecule has 224 valence electrons. The number of anilines is 2. The van der Waals surface area contributed by atoms with Gasteiger partial charge in [-0.1, -0.05) is 84.9 Å². The highest BCUT2D eigenvalue weighted by atomic mass is 16.5. The Balaban J connectivity index is 1.15. The van der Waals surface area contributed by atoms with Crippen molar-refractivity contribution in [1.29, 1.82) is 0 Å². The van der Waals surface area contributed by atoms with E-state index in [0.29, 0.717) is 5.75 Å². The standard InChI is InChI=1S/C42H29N3O2/c1-43-42-32-11-3-2-10-28(32)18-24-41(42)46-27-44(31-23-25-40-36(26-31)35-14-6-9-17-39(35)47-40)29-19-21-30(22-20-29)45-37-15-7-4-12-33(37)34-13-5-8-16-38(34)45/h2-26H,1,27H2. The molecule has 47 heavy (non-hydrogen) atoms. The van der Waals surface area contributed by atoms with Gasteiger partial charge in [0.15, 0.2) is 6.73 Å². The number of para-hydroxylation sites is 3. The molecule has 0 unspecified atom stereocenters. The molecule has 2 aromatic heterocycles. The summed E-state index contributed by atoms with van der Waals surface area (Å²) in [6, 6.07) is 52.5. The third-order valence-electron chi connectivity index (χ3n) is 9.04. The van der Waals surface area contributed by atoms with E-state index in [1.807, 2.05) is 42.5 Å². The van der Waals surface area contributed by atoms with Gasteiger partial charge in [0.25, 0.3) is 0 Å². The van der Waals surface area contributed by atoms with Crippen LogP contribution in [0.1, 0.15) is 0 Å². The molecule has 0 atom stereocenters. The molecule has 0 saturated heterocycles. The summed E-state index contributed by atoms with van der Waals surface area (Å²) in [4.78, 5) is 6.55. The number of benzene rings is 7. The second-order valence-corrected chi connectivity index (χ2v) is 11.7. The van der Waals surface area contributed by atoms with Crippen LogP contribution >= 0.6 is 0 Å². The number of hydrogen-bond acceptors (Lipinski definition) is 4. The molecule has 2 heterocycles. The van der Waals surface area contributed by atoms with Crippen LogP contribution in [0.25, 0.3) is 60.2 Å². The van der Waals surface area contributed by atoms with E-state index in [-0.39, 0.29) is 6.73 Å². The zero-order valence-electron chi connectivity index (χ0n) is 25.5. The molecule has 5 nitrogen and oxygen atoms in total. The Morgan fingerprint density at radius 1 is 0.574 bits per heavy atom. The van der Waals surface area contributed by atoms with Gasteiger partial charge in [0.2, 0.25) is 0 Å². The lowest BCUT2D eigenvalue weighted by Crippen LogP contribution is -2.23. The first-order valence-electron chi connectivity index (χ1n) is 15.7. The van der Waals surface area contributed by atoms with E-state index in [4.69, 9.17) is 9.15 Å². The van der Waals surface area contributed by atoms with Crippen molar-refractivity contribution >= 4 is 78.3 Å². The number of aromatic nitrogens is 1. The summed E-state index contributed by atoms with van der Waals surface area (Å²) >= 11 is 0. The third-order valence-corrected chi connectivity index (χ3v) is 9.04. The molecular formula is C42H29N3O2. The summed E-state index contributed by atoms with van der Waals surface area (Å²) in [5, 5.41) is 6.73. The molecule has 0 fully saturated rings. The average Bonchev–Trinajstić information content (AvgIpc) is 3.67. The van der Waals surface area contributed by atoms with E-state index in [2.05, 4.69) is 130 Å². The van der Waals surface area contributed by atoms with E-state index in [1.165, 1.54) is 21.8 Å². The third kappa shape index (κ3) is 4.43. The van der Waals surface area contributed by atoms with Crippen LogP contribution in [-0.2, 0) is 0 Å². The van der Waals surface area contributed by atoms with Crippen LogP contribution in [0.4, 0.5) is 17.1 Å². The highest BCUT2D eigenvalue weighted by Crippen LogP contribution is 2.39. The van der Waals surface area contributed by atoms with Crippen molar-refractivity contribution in [3.63, 3.8) is 0 Å². The van der Waals surface area contributed by atoms with E-state index in [1.54, 1.807) is 0 Å². The van der Waals surface area contributed by atoms with Crippen molar-refractivity contribution in [1.82, 2.24) is 4.57 Å². The molecule has 0 aliphatic carbocycles. The summed E-state index contributed by atoms with van der Waals surface area (Å²) in [6.07, 6.45) is 0. The highest BCUT2D eigenvalue weighted by molar-refractivity contribution is 6.09. The summed E-state index contributed by atoms with van der Waals surface area (Å²) in [7, 11) is 0. The molecule has 0 aliphatic rings. The maximum absolute atomic E-state index is 6.57. The van der Waals surface area contributed by atoms with Crippen molar-refractivity contribution in [3.05, 3.63) is 152 Å². The lowest BCUT2D eigenvalue weighted by molar-refractivity contribution is 0.328. The van der Waals surface area contributed by atoms with Crippen molar-refractivity contribution in [2.75, 3.05) is 11.6 Å². The Bertz CT molecular complexity index is 2560. The van der Waals surface area contributed by atoms with E-state index < -0.39 is 0 Å². The summed E-state index contributed by atoms with van der Waals surface area (Å²) in [6.45, 7) is 4.12. The zero-order valence-corrected chi connectivity index (χ0v) is 25.5. The van der Waals surface area contributed by atoms with Gasteiger partial charge in [0.1, 0.15) is 22.6 Å². The normalized spacial score (nSPS) is 11.6. The molecule has 0 N–H and O–H groups in total. The van der Waals surface area contributed by atoms with Gasteiger partial charge in [-0.25, -0.2) is 0 Å². The van der Waals surface area contributed by atoms with Gasteiger partial charge in [-0.3, -0.25) is 4.99 Å². The number of aliphatic imine (C=N–C) groups is 1. The number of fused-ring (bicyclic) bond motifs is 7. The Morgan fingerprint density at radius 3 is 1.94 bits per heavy atom. The molecule has 0 spiro atoms. The van der Waals surface area contributed by atoms with Crippen molar-refractivity contribution in [3.8, 4) is 11.4 Å². The molecule has 7 aromatic carbocycles. The SMILES string of the molecule is C=Nc1c(OCN(c2ccc(-n3c4ccccc4c4ccccc43)cc2)c2ccc3oc4ccccc4c3c2)ccc2ccccc12. The van der Waals surface area contributed by atoms with Gasteiger partial charge in [-0.2, -0.15) is 0 Å². The molecule has 0 amide bonds. The Morgan fingerprint density at radius 2 is 1.19 bits per heavy atom. The monoisotopic (exact) mass is 607 g/mol.